The van der Waals surface area contributed by atoms with Gasteiger partial charge in [-0.1, -0.05) is 6.92 Å². The molecule has 0 aromatic heterocycles. The third-order valence-corrected chi connectivity index (χ3v) is 2.79. The van der Waals surface area contributed by atoms with E-state index < -0.39 is 9.85 Å². The fourth-order valence-corrected chi connectivity index (χ4v) is 1.74. The SMILES string of the molecule is CC[C@@H]1CN=C(c2ccc([N+](=O)[O-])cc2[N+](=O)[O-])O1. The maximum atomic E-state index is 11.0. The van der Waals surface area contributed by atoms with E-state index in [0.717, 1.165) is 12.5 Å². The molecule has 8 nitrogen and oxygen atoms in total. The third kappa shape index (κ3) is 2.51. The van der Waals surface area contributed by atoms with Gasteiger partial charge in [-0.05, 0) is 12.5 Å². The van der Waals surface area contributed by atoms with Crippen LogP contribution in [0.1, 0.15) is 18.9 Å². The van der Waals surface area contributed by atoms with E-state index in [1.807, 2.05) is 6.92 Å². The minimum Gasteiger partial charge on any atom is -0.472 e. The summed E-state index contributed by atoms with van der Waals surface area (Å²) in [6, 6.07) is 3.42. The van der Waals surface area contributed by atoms with Crippen molar-refractivity contribution in [2.45, 2.75) is 19.4 Å². The molecule has 0 aliphatic carbocycles. The molecular weight excluding hydrogens is 254 g/mol. The van der Waals surface area contributed by atoms with Gasteiger partial charge in [0, 0.05) is 6.07 Å². The van der Waals surface area contributed by atoms with Gasteiger partial charge in [-0.25, -0.2) is 4.99 Å². The summed E-state index contributed by atoms with van der Waals surface area (Å²) in [6.45, 7) is 2.37. The smallest absolute Gasteiger partial charge is 0.288 e. The van der Waals surface area contributed by atoms with Crippen molar-refractivity contribution in [1.29, 1.82) is 0 Å². The van der Waals surface area contributed by atoms with Gasteiger partial charge in [-0.2, -0.15) is 0 Å². The van der Waals surface area contributed by atoms with E-state index in [0.29, 0.717) is 6.54 Å². The molecule has 1 aliphatic rings. The van der Waals surface area contributed by atoms with Gasteiger partial charge in [0.2, 0.25) is 5.90 Å². The van der Waals surface area contributed by atoms with Gasteiger partial charge in [0.25, 0.3) is 11.4 Å². The number of hydrogen-bond acceptors (Lipinski definition) is 6. The molecule has 0 saturated carbocycles. The standard InChI is InChI=1S/C11H11N3O5/c1-2-8-6-12-11(19-8)9-4-3-7(13(15)16)5-10(9)14(17)18/h3-5,8H,2,6H2,1H3/t8-/m1/s1. The number of rotatable bonds is 4. The van der Waals surface area contributed by atoms with Crippen LogP contribution in [0.25, 0.3) is 0 Å². The molecule has 0 N–H and O–H groups in total. The first-order valence-electron chi connectivity index (χ1n) is 5.67. The molecule has 1 aliphatic heterocycles. The van der Waals surface area contributed by atoms with Gasteiger partial charge in [0.05, 0.1) is 22.5 Å². The van der Waals surface area contributed by atoms with Crippen LogP contribution in [0, 0.1) is 20.2 Å². The van der Waals surface area contributed by atoms with Crippen molar-refractivity contribution in [3.05, 3.63) is 44.0 Å². The fraction of sp³-hybridized carbons (Fsp3) is 0.364. The highest BCUT2D eigenvalue weighted by Crippen LogP contribution is 2.27. The Morgan fingerprint density at radius 2 is 2.11 bits per heavy atom. The summed E-state index contributed by atoms with van der Waals surface area (Å²) < 4.78 is 5.46. The molecule has 1 atom stereocenters. The normalized spacial score (nSPS) is 17.7. The molecule has 0 spiro atoms. The van der Waals surface area contributed by atoms with E-state index in [2.05, 4.69) is 4.99 Å². The number of hydrogen-bond donors (Lipinski definition) is 0. The van der Waals surface area contributed by atoms with Crippen LogP contribution in [-0.2, 0) is 4.74 Å². The van der Waals surface area contributed by atoms with Crippen molar-refractivity contribution >= 4 is 17.3 Å². The van der Waals surface area contributed by atoms with E-state index >= 15 is 0 Å². The van der Waals surface area contributed by atoms with Crippen molar-refractivity contribution in [3.63, 3.8) is 0 Å². The van der Waals surface area contributed by atoms with E-state index in [1.54, 1.807) is 0 Å². The van der Waals surface area contributed by atoms with Gasteiger partial charge in [-0.15, -0.1) is 0 Å². The lowest BCUT2D eigenvalue weighted by atomic mass is 10.1. The first-order chi connectivity index (χ1) is 9.02. The van der Waals surface area contributed by atoms with Crippen LogP contribution in [-0.4, -0.2) is 28.4 Å². The van der Waals surface area contributed by atoms with Gasteiger partial charge in [0.1, 0.15) is 11.7 Å². The largest absolute Gasteiger partial charge is 0.472 e. The first kappa shape index (κ1) is 12.9. The van der Waals surface area contributed by atoms with Crippen LogP contribution in [0.2, 0.25) is 0 Å². The molecule has 2 rings (SSSR count). The van der Waals surface area contributed by atoms with Gasteiger partial charge in [0.15, 0.2) is 0 Å². The van der Waals surface area contributed by atoms with Gasteiger partial charge in [-0.3, -0.25) is 20.2 Å². The number of non-ortho nitro benzene ring substituents is 1. The molecule has 0 amide bonds. The molecule has 0 saturated heterocycles. The lowest BCUT2D eigenvalue weighted by Crippen LogP contribution is -2.13. The van der Waals surface area contributed by atoms with Crippen LogP contribution < -0.4 is 0 Å². The Morgan fingerprint density at radius 3 is 2.63 bits per heavy atom. The predicted molar refractivity (Wildman–Crippen MR) is 66.3 cm³/mol. The minimum absolute atomic E-state index is 0.0928. The van der Waals surface area contributed by atoms with E-state index in [-0.39, 0.29) is 28.9 Å². The highest BCUT2D eigenvalue weighted by Gasteiger charge is 2.28. The average molecular weight is 265 g/mol. The summed E-state index contributed by atoms with van der Waals surface area (Å²) in [5.41, 5.74) is -0.530. The maximum Gasteiger partial charge on any atom is 0.288 e. The number of ether oxygens (including phenoxy) is 1. The molecule has 1 aromatic carbocycles. The fourth-order valence-electron chi connectivity index (χ4n) is 1.74. The number of nitrogens with zero attached hydrogens (tertiary/aromatic N) is 3. The first-order valence-corrected chi connectivity index (χ1v) is 5.67. The Morgan fingerprint density at radius 1 is 1.37 bits per heavy atom. The molecule has 0 radical (unpaired) electrons. The Bertz CT molecular complexity index is 569. The van der Waals surface area contributed by atoms with Gasteiger partial charge >= 0.3 is 0 Å². The van der Waals surface area contributed by atoms with E-state index in [9.17, 15) is 20.2 Å². The quantitative estimate of drug-likeness (QED) is 0.611. The Balaban J connectivity index is 2.41. The summed E-state index contributed by atoms with van der Waals surface area (Å²) in [6.07, 6.45) is 0.651. The number of nitro benzene ring substituents is 2. The molecule has 100 valence electrons. The van der Waals surface area contributed by atoms with Crippen LogP contribution in [0.3, 0.4) is 0 Å². The molecule has 19 heavy (non-hydrogen) atoms. The average Bonchev–Trinajstić information content (AvgIpc) is 2.86. The minimum atomic E-state index is -0.678. The predicted octanol–water partition coefficient (Wildman–Crippen LogP) is 2.06. The Kier molecular flexibility index (Phi) is 3.41. The second-order valence-electron chi connectivity index (χ2n) is 4.01. The highest BCUT2D eigenvalue weighted by molar-refractivity contribution is 5.99. The number of benzene rings is 1. The summed E-state index contributed by atoms with van der Waals surface area (Å²) in [5, 5.41) is 21.6. The lowest BCUT2D eigenvalue weighted by Gasteiger charge is -2.08. The van der Waals surface area contributed by atoms with Gasteiger partial charge < -0.3 is 4.74 Å². The van der Waals surface area contributed by atoms with Crippen LogP contribution in [0.4, 0.5) is 11.4 Å². The lowest BCUT2D eigenvalue weighted by molar-refractivity contribution is -0.394. The van der Waals surface area contributed by atoms with E-state index in [1.165, 1.54) is 12.1 Å². The van der Waals surface area contributed by atoms with Crippen molar-refractivity contribution in [3.8, 4) is 0 Å². The molecule has 8 heteroatoms. The Hall–Kier alpha value is -2.51. The molecule has 0 bridgehead atoms. The third-order valence-electron chi connectivity index (χ3n) is 2.79. The van der Waals surface area contributed by atoms with Crippen molar-refractivity contribution in [2.75, 3.05) is 6.54 Å². The summed E-state index contributed by atoms with van der Waals surface area (Å²) in [4.78, 5) is 24.4. The zero-order valence-corrected chi connectivity index (χ0v) is 10.1. The summed E-state index contributed by atoms with van der Waals surface area (Å²) in [7, 11) is 0. The molecule has 0 fully saturated rings. The van der Waals surface area contributed by atoms with Crippen molar-refractivity contribution in [2.24, 2.45) is 4.99 Å². The van der Waals surface area contributed by atoms with Crippen molar-refractivity contribution < 1.29 is 14.6 Å². The second-order valence-corrected chi connectivity index (χ2v) is 4.01. The van der Waals surface area contributed by atoms with E-state index in [4.69, 9.17) is 4.74 Å². The monoisotopic (exact) mass is 265 g/mol. The molecule has 1 heterocycles. The maximum absolute atomic E-state index is 11.0. The van der Waals surface area contributed by atoms with Crippen LogP contribution >= 0.6 is 0 Å². The zero-order chi connectivity index (χ0) is 14.0. The zero-order valence-electron chi connectivity index (χ0n) is 10.1. The van der Waals surface area contributed by atoms with Crippen LogP contribution in [0.15, 0.2) is 23.2 Å². The second kappa shape index (κ2) is 5.01. The molecule has 1 aromatic rings. The molecule has 0 unspecified atom stereocenters. The summed E-state index contributed by atoms with van der Waals surface area (Å²) >= 11 is 0. The molecular formula is C11H11N3O5. The number of aliphatic imine (C=N–C) groups is 1. The van der Waals surface area contributed by atoms with Crippen LogP contribution in [0.5, 0.6) is 0 Å². The topological polar surface area (TPSA) is 108 Å². The summed E-state index contributed by atoms with van der Waals surface area (Å²) in [5.74, 6) is 0.174. The highest BCUT2D eigenvalue weighted by atomic mass is 16.6. The number of nitro groups is 2. The Labute approximate surface area is 108 Å². The van der Waals surface area contributed by atoms with Crippen molar-refractivity contribution in [1.82, 2.24) is 0 Å².